The number of guanidine groups is 1. The molecule has 156 valence electrons. The number of rotatable bonds is 9. The Labute approximate surface area is 183 Å². The maximum absolute atomic E-state index is 11.8. The SMILES string of the molecule is COCCNC(=NCC(=O)N(C)C)NCCCn1c(C)nc2ccccc21.I. The van der Waals surface area contributed by atoms with Crippen molar-refractivity contribution in [3.63, 3.8) is 0 Å². The zero-order valence-electron chi connectivity index (χ0n) is 17.1. The molecule has 2 rings (SSSR count). The fraction of sp³-hybridized carbons (Fsp3) is 0.526. The lowest BCUT2D eigenvalue weighted by Crippen LogP contribution is -2.40. The lowest BCUT2D eigenvalue weighted by molar-refractivity contribution is -0.127. The Kier molecular flexibility index (Phi) is 10.8. The quantitative estimate of drug-likeness (QED) is 0.236. The molecule has 1 amide bonds. The van der Waals surface area contributed by atoms with Gasteiger partial charge in [0.05, 0.1) is 17.6 Å². The summed E-state index contributed by atoms with van der Waals surface area (Å²) in [4.78, 5) is 22.2. The number of aromatic nitrogens is 2. The van der Waals surface area contributed by atoms with Gasteiger partial charge in [-0.05, 0) is 25.5 Å². The third kappa shape index (κ3) is 7.27. The normalized spacial score (nSPS) is 11.2. The number of methoxy groups -OCH3 is 1. The van der Waals surface area contributed by atoms with Gasteiger partial charge in [-0.1, -0.05) is 12.1 Å². The van der Waals surface area contributed by atoms with Gasteiger partial charge in [-0.2, -0.15) is 0 Å². The monoisotopic (exact) mass is 502 g/mol. The van der Waals surface area contributed by atoms with Crippen LogP contribution in [0.5, 0.6) is 0 Å². The molecule has 28 heavy (non-hydrogen) atoms. The van der Waals surface area contributed by atoms with Gasteiger partial charge in [-0.25, -0.2) is 9.98 Å². The fourth-order valence-corrected chi connectivity index (χ4v) is 2.66. The van der Waals surface area contributed by atoms with Crippen LogP contribution >= 0.6 is 24.0 Å². The molecule has 0 unspecified atom stereocenters. The van der Waals surface area contributed by atoms with E-state index in [1.54, 1.807) is 21.2 Å². The summed E-state index contributed by atoms with van der Waals surface area (Å²) in [6, 6.07) is 8.16. The number of hydrogen-bond donors (Lipinski definition) is 2. The van der Waals surface area contributed by atoms with Crippen molar-refractivity contribution in [2.75, 3.05) is 47.4 Å². The largest absolute Gasteiger partial charge is 0.383 e. The molecule has 1 aromatic carbocycles. The van der Waals surface area contributed by atoms with Crippen molar-refractivity contribution < 1.29 is 9.53 Å². The summed E-state index contributed by atoms with van der Waals surface area (Å²) in [5.74, 6) is 1.60. The van der Waals surface area contributed by atoms with E-state index < -0.39 is 0 Å². The molecule has 0 fully saturated rings. The van der Waals surface area contributed by atoms with E-state index in [1.807, 2.05) is 25.1 Å². The predicted octanol–water partition coefficient (Wildman–Crippen LogP) is 1.62. The first-order valence-corrected chi connectivity index (χ1v) is 9.16. The number of amides is 1. The first kappa shape index (κ1) is 24.2. The van der Waals surface area contributed by atoms with Gasteiger partial charge in [0.15, 0.2) is 5.96 Å². The van der Waals surface area contributed by atoms with Gasteiger partial charge < -0.3 is 24.8 Å². The molecular weight excluding hydrogens is 471 g/mol. The number of benzene rings is 1. The number of nitrogens with one attached hydrogen (secondary N) is 2. The van der Waals surface area contributed by atoms with Gasteiger partial charge in [-0.15, -0.1) is 24.0 Å². The molecule has 1 aromatic heterocycles. The van der Waals surface area contributed by atoms with Crippen LogP contribution in [0.25, 0.3) is 11.0 Å². The summed E-state index contributed by atoms with van der Waals surface area (Å²) in [6.45, 7) is 4.94. The number of para-hydroxylation sites is 2. The molecule has 0 aliphatic carbocycles. The Morgan fingerprint density at radius 2 is 1.96 bits per heavy atom. The number of nitrogens with zero attached hydrogens (tertiary/aromatic N) is 4. The van der Waals surface area contributed by atoms with E-state index in [4.69, 9.17) is 4.74 Å². The van der Waals surface area contributed by atoms with Gasteiger partial charge in [0, 0.05) is 40.8 Å². The number of carbonyl (C=O) groups excluding carboxylic acids is 1. The van der Waals surface area contributed by atoms with Crippen molar-refractivity contribution in [3.8, 4) is 0 Å². The van der Waals surface area contributed by atoms with Gasteiger partial charge in [0.25, 0.3) is 0 Å². The Bertz CT molecular complexity index is 775. The molecule has 2 aromatic rings. The molecule has 9 heteroatoms. The van der Waals surface area contributed by atoms with Crippen LogP contribution in [-0.4, -0.2) is 73.8 Å². The first-order valence-electron chi connectivity index (χ1n) is 9.16. The van der Waals surface area contributed by atoms with Crippen LogP contribution in [0.4, 0.5) is 0 Å². The summed E-state index contributed by atoms with van der Waals surface area (Å²) < 4.78 is 7.28. The smallest absolute Gasteiger partial charge is 0.243 e. The number of hydrogen-bond acceptors (Lipinski definition) is 4. The van der Waals surface area contributed by atoms with Crippen molar-refractivity contribution in [1.29, 1.82) is 0 Å². The maximum atomic E-state index is 11.8. The minimum absolute atomic E-state index is 0. The van der Waals surface area contributed by atoms with E-state index in [2.05, 4.69) is 31.2 Å². The second-order valence-corrected chi connectivity index (χ2v) is 6.45. The van der Waals surface area contributed by atoms with Crippen LogP contribution < -0.4 is 10.6 Å². The van der Waals surface area contributed by atoms with Crippen molar-refractivity contribution >= 4 is 46.9 Å². The molecule has 0 bridgehead atoms. The zero-order valence-corrected chi connectivity index (χ0v) is 19.4. The Morgan fingerprint density at radius 3 is 2.68 bits per heavy atom. The highest BCUT2D eigenvalue weighted by Gasteiger charge is 2.07. The molecule has 0 saturated carbocycles. The summed E-state index contributed by atoms with van der Waals surface area (Å²) in [6.07, 6.45) is 0.911. The molecule has 0 spiro atoms. The Balaban J connectivity index is 0.00000392. The molecule has 0 saturated heterocycles. The van der Waals surface area contributed by atoms with Gasteiger partial charge in [0.1, 0.15) is 12.4 Å². The zero-order chi connectivity index (χ0) is 19.6. The van der Waals surface area contributed by atoms with E-state index in [-0.39, 0.29) is 36.4 Å². The second kappa shape index (κ2) is 12.6. The predicted molar refractivity (Wildman–Crippen MR) is 123 cm³/mol. The van der Waals surface area contributed by atoms with E-state index in [1.165, 1.54) is 4.90 Å². The molecule has 0 atom stereocenters. The number of aliphatic imine (C=N–C) groups is 1. The highest BCUT2D eigenvalue weighted by atomic mass is 127. The number of ether oxygens (including phenoxy) is 1. The van der Waals surface area contributed by atoms with Crippen molar-refractivity contribution in [1.82, 2.24) is 25.1 Å². The fourth-order valence-electron chi connectivity index (χ4n) is 2.66. The third-order valence-corrected chi connectivity index (χ3v) is 4.17. The lowest BCUT2D eigenvalue weighted by Gasteiger charge is -2.14. The number of aryl methyl sites for hydroxylation is 2. The summed E-state index contributed by atoms with van der Waals surface area (Å²) >= 11 is 0. The number of carbonyl (C=O) groups is 1. The van der Waals surface area contributed by atoms with Crippen LogP contribution in [0.2, 0.25) is 0 Å². The summed E-state index contributed by atoms with van der Waals surface area (Å²) in [7, 11) is 5.10. The van der Waals surface area contributed by atoms with Crippen molar-refractivity contribution in [2.24, 2.45) is 4.99 Å². The molecule has 1 heterocycles. The number of fused-ring (bicyclic) bond motifs is 1. The number of likely N-dealkylation sites (N-methyl/N-ethyl adjacent to an activating group) is 1. The van der Waals surface area contributed by atoms with Crippen LogP contribution in [-0.2, 0) is 16.1 Å². The molecule has 0 aliphatic heterocycles. The second-order valence-electron chi connectivity index (χ2n) is 6.45. The highest BCUT2D eigenvalue weighted by Crippen LogP contribution is 2.15. The van der Waals surface area contributed by atoms with Crippen LogP contribution in [0.15, 0.2) is 29.3 Å². The van der Waals surface area contributed by atoms with E-state index in [9.17, 15) is 4.79 Å². The van der Waals surface area contributed by atoms with Gasteiger partial charge in [0.2, 0.25) is 5.91 Å². The Hall–Kier alpha value is -1.88. The molecule has 2 N–H and O–H groups in total. The van der Waals surface area contributed by atoms with Crippen LogP contribution in [0.1, 0.15) is 12.2 Å². The van der Waals surface area contributed by atoms with Crippen LogP contribution in [0, 0.1) is 6.92 Å². The molecule has 0 aliphatic rings. The summed E-state index contributed by atoms with van der Waals surface area (Å²) in [5.41, 5.74) is 2.17. The van der Waals surface area contributed by atoms with E-state index in [0.29, 0.717) is 19.1 Å². The molecule has 0 radical (unpaired) electrons. The first-order chi connectivity index (χ1) is 13.0. The van der Waals surface area contributed by atoms with E-state index in [0.717, 1.165) is 36.4 Å². The molecule has 8 nitrogen and oxygen atoms in total. The standard InChI is InChI=1S/C19H30N6O2.HI/c1-15-23-16-8-5-6-9-17(16)25(15)12-7-10-20-19(21-11-13-27-4)22-14-18(26)24(2)3;/h5-6,8-9H,7,10-14H2,1-4H3,(H2,20,21,22);1H. The minimum atomic E-state index is -0.0386. The number of halogens is 1. The van der Waals surface area contributed by atoms with Gasteiger partial charge >= 0.3 is 0 Å². The highest BCUT2D eigenvalue weighted by molar-refractivity contribution is 14.0. The van der Waals surface area contributed by atoms with Crippen LogP contribution in [0.3, 0.4) is 0 Å². The van der Waals surface area contributed by atoms with Crippen molar-refractivity contribution in [2.45, 2.75) is 19.9 Å². The Morgan fingerprint density at radius 1 is 1.25 bits per heavy atom. The summed E-state index contributed by atoms with van der Waals surface area (Å²) in [5, 5.41) is 6.46. The van der Waals surface area contributed by atoms with Crippen molar-refractivity contribution in [3.05, 3.63) is 30.1 Å². The lowest BCUT2D eigenvalue weighted by atomic mass is 10.3. The topological polar surface area (TPSA) is 83.8 Å². The molecular formula is C19H31IN6O2. The average molecular weight is 502 g/mol. The van der Waals surface area contributed by atoms with E-state index >= 15 is 0 Å². The third-order valence-electron chi connectivity index (χ3n) is 4.17. The average Bonchev–Trinajstić information content (AvgIpc) is 2.97. The minimum Gasteiger partial charge on any atom is -0.383 e. The van der Waals surface area contributed by atoms with Gasteiger partial charge in [-0.3, -0.25) is 4.79 Å². The maximum Gasteiger partial charge on any atom is 0.243 e. The number of imidazole rings is 1.